The van der Waals surface area contributed by atoms with E-state index < -0.39 is 15.8 Å². The second kappa shape index (κ2) is 7.00. The Morgan fingerprint density at radius 2 is 2.13 bits per heavy atom. The predicted molar refractivity (Wildman–Crippen MR) is 88.5 cm³/mol. The van der Waals surface area contributed by atoms with E-state index in [4.69, 9.17) is 4.74 Å². The highest BCUT2D eigenvalue weighted by Crippen LogP contribution is 2.23. The predicted octanol–water partition coefficient (Wildman–Crippen LogP) is 1.42. The molecule has 0 radical (unpaired) electrons. The van der Waals surface area contributed by atoms with Crippen LogP contribution in [0.3, 0.4) is 0 Å². The van der Waals surface area contributed by atoms with Crippen LogP contribution in [-0.4, -0.2) is 56.4 Å². The second-order valence-corrected chi connectivity index (χ2v) is 9.07. The molecule has 1 aromatic heterocycles. The molecule has 1 saturated heterocycles. The van der Waals surface area contributed by atoms with Crippen LogP contribution in [0.4, 0.5) is 0 Å². The fourth-order valence-corrected chi connectivity index (χ4v) is 5.34. The molecule has 1 aromatic rings. The summed E-state index contributed by atoms with van der Waals surface area (Å²) in [4.78, 5) is 27.0. The Bertz CT molecular complexity index is 707. The van der Waals surface area contributed by atoms with Gasteiger partial charge in [0.15, 0.2) is 16.4 Å². The number of sulfone groups is 1. The minimum atomic E-state index is -3.05. The van der Waals surface area contributed by atoms with Gasteiger partial charge < -0.3 is 9.64 Å². The van der Waals surface area contributed by atoms with E-state index >= 15 is 0 Å². The van der Waals surface area contributed by atoms with E-state index in [9.17, 15) is 18.0 Å². The van der Waals surface area contributed by atoms with E-state index in [-0.39, 0.29) is 30.1 Å². The van der Waals surface area contributed by atoms with Crippen LogP contribution in [0.1, 0.15) is 33.5 Å². The molecule has 0 aliphatic carbocycles. The van der Waals surface area contributed by atoms with Crippen molar-refractivity contribution in [1.29, 1.82) is 0 Å². The Kier molecular flexibility index (Phi) is 5.46. The highest BCUT2D eigenvalue weighted by atomic mass is 32.2. The monoisotopic (exact) mass is 359 g/mol. The average Bonchev–Trinajstić information content (AvgIpc) is 3.05. The zero-order chi connectivity index (χ0) is 17.2. The third-order valence-electron chi connectivity index (χ3n) is 4.02. The lowest BCUT2D eigenvalue weighted by atomic mass is 10.2. The largest absolute Gasteiger partial charge is 0.451 e. The van der Waals surface area contributed by atoms with Crippen molar-refractivity contribution in [3.05, 3.63) is 21.4 Å². The van der Waals surface area contributed by atoms with Crippen LogP contribution in [0.5, 0.6) is 0 Å². The van der Waals surface area contributed by atoms with Gasteiger partial charge in [0.25, 0.3) is 5.91 Å². The van der Waals surface area contributed by atoms with Gasteiger partial charge in [-0.15, -0.1) is 11.3 Å². The number of esters is 1. The minimum absolute atomic E-state index is 0.0207. The van der Waals surface area contributed by atoms with Crippen molar-refractivity contribution in [2.45, 2.75) is 32.7 Å². The van der Waals surface area contributed by atoms with Gasteiger partial charge in [-0.05, 0) is 31.4 Å². The van der Waals surface area contributed by atoms with Gasteiger partial charge in [0, 0.05) is 18.0 Å². The molecule has 2 heterocycles. The molecule has 1 aliphatic rings. The second-order valence-electron chi connectivity index (χ2n) is 5.71. The Balaban J connectivity index is 1.89. The minimum Gasteiger partial charge on any atom is -0.451 e. The molecule has 0 aromatic carbocycles. The Morgan fingerprint density at radius 3 is 2.65 bits per heavy atom. The molecule has 1 amide bonds. The highest BCUT2D eigenvalue weighted by Gasteiger charge is 2.33. The van der Waals surface area contributed by atoms with Crippen molar-refractivity contribution in [2.75, 3.05) is 25.2 Å². The van der Waals surface area contributed by atoms with Crippen LogP contribution in [0.15, 0.2) is 6.07 Å². The summed E-state index contributed by atoms with van der Waals surface area (Å²) >= 11 is 1.37. The fourth-order valence-electron chi connectivity index (χ4n) is 2.56. The number of hydrogen-bond donors (Lipinski definition) is 0. The Hall–Kier alpha value is -1.41. The molecule has 1 atom stereocenters. The van der Waals surface area contributed by atoms with Crippen molar-refractivity contribution in [3.8, 4) is 0 Å². The molecule has 23 heavy (non-hydrogen) atoms. The van der Waals surface area contributed by atoms with Crippen molar-refractivity contribution >= 4 is 33.1 Å². The molecule has 6 nitrogen and oxygen atoms in total. The average molecular weight is 359 g/mol. The van der Waals surface area contributed by atoms with Crippen LogP contribution in [-0.2, 0) is 25.8 Å². The number of likely N-dealkylation sites (N-methyl/N-ethyl adjacent to an activating group) is 1. The molecule has 0 N–H and O–H groups in total. The van der Waals surface area contributed by atoms with Gasteiger partial charge in [-0.2, -0.15) is 0 Å². The summed E-state index contributed by atoms with van der Waals surface area (Å²) in [6.07, 6.45) is 1.28. The van der Waals surface area contributed by atoms with Gasteiger partial charge in [-0.3, -0.25) is 4.79 Å². The molecule has 128 valence electrons. The van der Waals surface area contributed by atoms with Gasteiger partial charge in [0.1, 0.15) is 4.88 Å². The smallest absolute Gasteiger partial charge is 0.348 e. The van der Waals surface area contributed by atoms with Crippen LogP contribution in [0, 0.1) is 6.92 Å². The number of carbonyl (C=O) groups excluding carboxylic acids is 2. The first kappa shape index (κ1) is 17.9. The van der Waals surface area contributed by atoms with E-state index in [1.165, 1.54) is 16.2 Å². The maximum absolute atomic E-state index is 12.1. The molecule has 1 fully saturated rings. The molecule has 0 unspecified atom stereocenters. The summed E-state index contributed by atoms with van der Waals surface area (Å²) in [5.41, 5.74) is 1.05. The lowest BCUT2D eigenvalue weighted by Gasteiger charge is -2.23. The standard InChI is InChI=1S/C15H21NO5S2/c1-4-12-10(2)7-13(22-12)15(18)21-8-14(17)16(3)11-5-6-23(19,20)9-11/h7,11H,4-6,8-9H2,1-3H3/t11-/m1/s1. The normalized spacial score (nSPS) is 19.5. The van der Waals surface area contributed by atoms with Crippen molar-refractivity contribution in [3.63, 3.8) is 0 Å². The van der Waals surface area contributed by atoms with Gasteiger partial charge >= 0.3 is 5.97 Å². The van der Waals surface area contributed by atoms with E-state index in [1.54, 1.807) is 13.1 Å². The highest BCUT2D eigenvalue weighted by molar-refractivity contribution is 7.91. The fraction of sp³-hybridized carbons (Fsp3) is 0.600. The third kappa shape index (κ3) is 4.32. The van der Waals surface area contributed by atoms with Crippen molar-refractivity contribution in [2.24, 2.45) is 0 Å². The first-order valence-corrected chi connectivity index (χ1v) is 10.1. The number of thiophene rings is 1. The summed E-state index contributed by atoms with van der Waals surface area (Å²) in [5, 5.41) is 0. The van der Waals surface area contributed by atoms with Crippen LogP contribution < -0.4 is 0 Å². The molecular weight excluding hydrogens is 338 g/mol. The Labute approximate surface area is 140 Å². The molecule has 0 saturated carbocycles. The van der Waals surface area contributed by atoms with Gasteiger partial charge in [-0.1, -0.05) is 6.92 Å². The Morgan fingerprint density at radius 1 is 1.43 bits per heavy atom. The number of nitrogens with zero attached hydrogens (tertiary/aromatic N) is 1. The maximum Gasteiger partial charge on any atom is 0.348 e. The van der Waals surface area contributed by atoms with Crippen LogP contribution >= 0.6 is 11.3 Å². The summed E-state index contributed by atoms with van der Waals surface area (Å²) < 4.78 is 28.0. The number of rotatable bonds is 5. The number of aryl methyl sites for hydroxylation is 2. The van der Waals surface area contributed by atoms with Crippen molar-refractivity contribution in [1.82, 2.24) is 4.90 Å². The zero-order valence-electron chi connectivity index (χ0n) is 13.5. The van der Waals surface area contributed by atoms with E-state index in [0.717, 1.165) is 16.9 Å². The molecule has 1 aliphatic heterocycles. The summed E-state index contributed by atoms with van der Waals surface area (Å²) in [7, 11) is -1.51. The quantitative estimate of drug-likeness (QED) is 0.743. The molecule has 2 rings (SSSR count). The van der Waals surface area contributed by atoms with E-state index in [0.29, 0.717) is 11.3 Å². The van der Waals surface area contributed by atoms with Gasteiger partial charge in [-0.25, -0.2) is 13.2 Å². The summed E-state index contributed by atoms with van der Waals surface area (Å²) in [6, 6.07) is 1.44. The summed E-state index contributed by atoms with van der Waals surface area (Å²) in [5.74, 6) is -0.820. The van der Waals surface area contributed by atoms with Gasteiger partial charge in [0.05, 0.1) is 11.5 Å². The lowest BCUT2D eigenvalue weighted by molar-refractivity contribution is -0.134. The first-order valence-electron chi connectivity index (χ1n) is 7.46. The third-order valence-corrected chi connectivity index (χ3v) is 7.13. The van der Waals surface area contributed by atoms with Crippen LogP contribution in [0.25, 0.3) is 0 Å². The van der Waals surface area contributed by atoms with Gasteiger partial charge in [0.2, 0.25) is 0 Å². The molecule has 0 bridgehead atoms. The number of ether oxygens (including phenoxy) is 1. The van der Waals surface area contributed by atoms with Crippen LogP contribution in [0.2, 0.25) is 0 Å². The molecular formula is C15H21NO5S2. The van der Waals surface area contributed by atoms with E-state index in [1.807, 2.05) is 13.8 Å². The molecule has 0 spiro atoms. The van der Waals surface area contributed by atoms with E-state index in [2.05, 4.69) is 0 Å². The number of amides is 1. The summed E-state index contributed by atoms with van der Waals surface area (Å²) in [6.45, 7) is 3.58. The molecule has 8 heteroatoms. The lowest BCUT2D eigenvalue weighted by Crippen LogP contribution is -2.40. The maximum atomic E-state index is 12.1. The van der Waals surface area contributed by atoms with Crippen molar-refractivity contribution < 1.29 is 22.7 Å². The number of hydrogen-bond acceptors (Lipinski definition) is 6. The first-order chi connectivity index (χ1) is 10.7. The number of carbonyl (C=O) groups is 2. The zero-order valence-corrected chi connectivity index (χ0v) is 15.1. The SMILES string of the molecule is CCc1sc(C(=O)OCC(=O)N(C)[C@@H]2CCS(=O)(=O)C2)cc1C. The topological polar surface area (TPSA) is 80.8 Å².